The van der Waals surface area contributed by atoms with Crippen LogP contribution in [0.15, 0.2) is 23.1 Å². The van der Waals surface area contributed by atoms with Gasteiger partial charge >= 0.3 is 5.97 Å². The Labute approximate surface area is 109 Å². The van der Waals surface area contributed by atoms with Gasteiger partial charge in [-0.3, -0.25) is 0 Å². The van der Waals surface area contributed by atoms with Crippen molar-refractivity contribution < 1.29 is 14.6 Å². The van der Waals surface area contributed by atoms with E-state index in [2.05, 4.69) is 4.74 Å². The topological polar surface area (TPSA) is 72.5 Å². The van der Waals surface area contributed by atoms with Gasteiger partial charge in [-0.25, -0.2) is 4.79 Å². The summed E-state index contributed by atoms with van der Waals surface area (Å²) in [6.07, 6.45) is 0. The fraction of sp³-hybridized carbons (Fsp3) is 0.364. The summed E-state index contributed by atoms with van der Waals surface area (Å²) in [5.41, 5.74) is 4.74. The molecule has 0 aliphatic heterocycles. The van der Waals surface area contributed by atoms with Crippen LogP contribution in [-0.2, 0) is 9.53 Å². The molecule has 0 saturated heterocycles. The zero-order valence-corrected chi connectivity index (χ0v) is 11.1. The number of halogens is 1. The fourth-order valence-corrected chi connectivity index (χ4v) is 2.27. The third-order valence-corrected chi connectivity index (χ3v) is 3.73. The summed E-state index contributed by atoms with van der Waals surface area (Å²) in [5.74, 6) is -0.511. The van der Waals surface area contributed by atoms with Gasteiger partial charge in [0.1, 0.15) is 0 Å². The number of hydrogen-bond donors (Lipinski definition) is 2. The highest BCUT2D eigenvalue weighted by Crippen LogP contribution is 2.30. The van der Waals surface area contributed by atoms with Crippen LogP contribution in [-0.4, -0.2) is 29.5 Å². The minimum Gasteiger partial charge on any atom is -0.467 e. The summed E-state index contributed by atoms with van der Waals surface area (Å²) in [4.78, 5) is 12.0. The van der Waals surface area contributed by atoms with E-state index in [-0.39, 0.29) is 5.75 Å². The van der Waals surface area contributed by atoms with Crippen molar-refractivity contribution in [2.45, 2.75) is 17.4 Å². The molecule has 1 aromatic rings. The SMILES string of the molecule is COC(=O)C(C)(O)CSc1ccc(Cl)cc1N. The summed E-state index contributed by atoms with van der Waals surface area (Å²) >= 11 is 7.04. The lowest BCUT2D eigenvalue weighted by Gasteiger charge is -2.19. The summed E-state index contributed by atoms with van der Waals surface area (Å²) in [6, 6.07) is 5.07. The molecule has 94 valence electrons. The molecule has 1 aromatic carbocycles. The fourth-order valence-electron chi connectivity index (χ4n) is 1.15. The Morgan fingerprint density at radius 3 is 2.82 bits per heavy atom. The average Bonchev–Trinajstić information content (AvgIpc) is 2.26. The predicted octanol–water partition coefficient (Wildman–Crippen LogP) is 1.94. The maximum absolute atomic E-state index is 11.3. The van der Waals surface area contributed by atoms with Crippen molar-refractivity contribution in [1.29, 1.82) is 0 Å². The van der Waals surface area contributed by atoms with Gasteiger partial charge < -0.3 is 15.6 Å². The Bertz CT molecular complexity index is 423. The highest BCUT2D eigenvalue weighted by Gasteiger charge is 2.31. The molecule has 0 heterocycles. The average molecular weight is 276 g/mol. The van der Waals surface area contributed by atoms with Crippen LogP contribution in [0.1, 0.15) is 6.92 Å². The van der Waals surface area contributed by atoms with Gasteiger partial charge in [-0.15, -0.1) is 11.8 Å². The number of esters is 1. The second-order valence-corrected chi connectivity index (χ2v) is 5.19. The monoisotopic (exact) mass is 275 g/mol. The number of carbonyl (C=O) groups excluding carboxylic acids is 1. The van der Waals surface area contributed by atoms with Gasteiger partial charge in [-0.2, -0.15) is 0 Å². The van der Waals surface area contributed by atoms with Crippen molar-refractivity contribution in [2.75, 3.05) is 18.6 Å². The van der Waals surface area contributed by atoms with E-state index in [1.165, 1.54) is 25.8 Å². The lowest BCUT2D eigenvalue weighted by Crippen LogP contribution is -2.38. The highest BCUT2D eigenvalue weighted by atomic mass is 35.5. The number of anilines is 1. The molecule has 0 fully saturated rings. The molecule has 0 aliphatic carbocycles. The number of aliphatic hydroxyl groups is 1. The predicted molar refractivity (Wildman–Crippen MR) is 69.2 cm³/mol. The summed E-state index contributed by atoms with van der Waals surface area (Å²) < 4.78 is 4.50. The van der Waals surface area contributed by atoms with Crippen LogP contribution in [0, 0.1) is 0 Å². The lowest BCUT2D eigenvalue weighted by atomic mass is 10.1. The maximum Gasteiger partial charge on any atom is 0.338 e. The van der Waals surface area contributed by atoms with Crippen molar-refractivity contribution in [3.63, 3.8) is 0 Å². The van der Waals surface area contributed by atoms with Gasteiger partial charge in [0.15, 0.2) is 5.60 Å². The first kappa shape index (κ1) is 14.2. The van der Waals surface area contributed by atoms with Gasteiger partial charge in [0, 0.05) is 21.4 Å². The number of rotatable bonds is 4. The summed E-state index contributed by atoms with van der Waals surface area (Å²) in [7, 11) is 1.23. The van der Waals surface area contributed by atoms with Gasteiger partial charge in [-0.05, 0) is 25.1 Å². The van der Waals surface area contributed by atoms with Gasteiger partial charge in [-0.1, -0.05) is 11.6 Å². The van der Waals surface area contributed by atoms with Gasteiger partial charge in [0.25, 0.3) is 0 Å². The zero-order valence-electron chi connectivity index (χ0n) is 9.57. The van der Waals surface area contributed by atoms with Crippen molar-refractivity contribution in [3.05, 3.63) is 23.2 Å². The first-order valence-corrected chi connectivity index (χ1v) is 6.22. The van der Waals surface area contributed by atoms with E-state index < -0.39 is 11.6 Å². The van der Waals surface area contributed by atoms with Crippen LogP contribution in [0.3, 0.4) is 0 Å². The number of hydrogen-bond acceptors (Lipinski definition) is 5. The molecule has 1 atom stereocenters. The van der Waals surface area contributed by atoms with Crippen molar-refractivity contribution in [3.8, 4) is 0 Å². The van der Waals surface area contributed by atoms with E-state index >= 15 is 0 Å². The molecular weight excluding hydrogens is 262 g/mol. The molecule has 0 aliphatic rings. The van der Waals surface area contributed by atoms with E-state index in [4.69, 9.17) is 17.3 Å². The zero-order chi connectivity index (χ0) is 13.1. The number of carbonyl (C=O) groups is 1. The molecule has 4 nitrogen and oxygen atoms in total. The molecule has 1 rings (SSSR count). The first-order valence-electron chi connectivity index (χ1n) is 4.85. The van der Waals surface area contributed by atoms with E-state index in [9.17, 15) is 9.90 Å². The molecular formula is C11H14ClNO3S. The van der Waals surface area contributed by atoms with E-state index in [1.54, 1.807) is 18.2 Å². The van der Waals surface area contributed by atoms with Crippen LogP contribution < -0.4 is 5.73 Å². The van der Waals surface area contributed by atoms with E-state index in [1.807, 2.05) is 0 Å². The molecule has 3 N–H and O–H groups in total. The molecule has 6 heteroatoms. The minimum absolute atomic E-state index is 0.158. The maximum atomic E-state index is 11.3. The summed E-state index contributed by atoms with van der Waals surface area (Å²) in [5, 5.41) is 10.4. The smallest absolute Gasteiger partial charge is 0.338 e. The molecule has 17 heavy (non-hydrogen) atoms. The van der Waals surface area contributed by atoms with Crippen LogP contribution >= 0.6 is 23.4 Å². The number of ether oxygens (including phenoxy) is 1. The number of thioether (sulfide) groups is 1. The quantitative estimate of drug-likeness (QED) is 0.499. The van der Waals surface area contributed by atoms with Crippen molar-refractivity contribution in [1.82, 2.24) is 0 Å². The first-order chi connectivity index (χ1) is 7.86. The normalized spacial score (nSPS) is 14.1. The molecule has 0 spiro atoms. The standard InChI is InChI=1S/C11H14ClNO3S/c1-11(15,10(14)16-2)6-17-9-4-3-7(12)5-8(9)13/h3-5,15H,6,13H2,1-2H3. The number of nitrogens with two attached hydrogens (primary N) is 1. The Hall–Kier alpha value is -0.910. The molecule has 1 unspecified atom stereocenters. The van der Waals surface area contributed by atoms with E-state index in [0.717, 1.165) is 4.90 Å². The minimum atomic E-state index is -1.54. The second kappa shape index (κ2) is 5.62. The van der Waals surface area contributed by atoms with Crippen LogP contribution in [0.4, 0.5) is 5.69 Å². The Morgan fingerprint density at radius 2 is 2.29 bits per heavy atom. The number of nitrogen functional groups attached to an aromatic ring is 1. The largest absolute Gasteiger partial charge is 0.467 e. The number of methoxy groups -OCH3 is 1. The van der Waals surface area contributed by atoms with Gasteiger partial charge in [0.2, 0.25) is 0 Å². The second-order valence-electron chi connectivity index (χ2n) is 3.74. The molecule has 0 radical (unpaired) electrons. The third-order valence-electron chi connectivity index (χ3n) is 2.11. The highest BCUT2D eigenvalue weighted by molar-refractivity contribution is 7.99. The van der Waals surface area contributed by atoms with Gasteiger partial charge in [0.05, 0.1) is 7.11 Å². The molecule has 0 aromatic heterocycles. The Balaban J connectivity index is 2.70. The van der Waals surface area contributed by atoms with Crippen LogP contribution in [0.5, 0.6) is 0 Å². The van der Waals surface area contributed by atoms with Crippen molar-refractivity contribution >= 4 is 35.0 Å². The molecule has 0 amide bonds. The summed E-state index contributed by atoms with van der Waals surface area (Å²) in [6.45, 7) is 1.40. The Kier molecular flexibility index (Phi) is 4.68. The lowest BCUT2D eigenvalue weighted by molar-refractivity contribution is -0.158. The molecule has 0 saturated carbocycles. The number of benzene rings is 1. The van der Waals surface area contributed by atoms with Crippen LogP contribution in [0.25, 0.3) is 0 Å². The van der Waals surface area contributed by atoms with Crippen molar-refractivity contribution in [2.24, 2.45) is 0 Å². The van der Waals surface area contributed by atoms with E-state index in [0.29, 0.717) is 10.7 Å². The third kappa shape index (κ3) is 3.80. The molecule has 0 bridgehead atoms. The Morgan fingerprint density at radius 1 is 1.65 bits per heavy atom. The van der Waals surface area contributed by atoms with Crippen LogP contribution in [0.2, 0.25) is 5.02 Å².